The summed E-state index contributed by atoms with van der Waals surface area (Å²) in [7, 11) is 2.15. The van der Waals surface area contributed by atoms with E-state index in [0.717, 1.165) is 39.0 Å². The van der Waals surface area contributed by atoms with E-state index in [0.29, 0.717) is 12.6 Å². The molecule has 0 aromatic rings. The molecule has 1 amide bonds. The van der Waals surface area contributed by atoms with Gasteiger partial charge in [-0.1, -0.05) is 0 Å². The Balaban J connectivity index is 1.97. The molecule has 0 aliphatic carbocycles. The summed E-state index contributed by atoms with van der Waals surface area (Å²) in [6, 6.07) is 0.429. The number of rotatable bonds is 2. The van der Waals surface area contributed by atoms with E-state index in [9.17, 15) is 4.79 Å². The number of piperazine rings is 1. The summed E-state index contributed by atoms with van der Waals surface area (Å²) in [5.74, 6) is -0.189. The highest BCUT2D eigenvalue weighted by Crippen LogP contribution is 2.18. The Morgan fingerprint density at radius 3 is 2.62 bits per heavy atom. The van der Waals surface area contributed by atoms with Crippen molar-refractivity contribution in [3.8, 4) is 0 Å². The fourth-order valence-corrected chi connectivity index (χ4v) is 2.75. The summed E-state index contributed by atoms with van der Waals surface area (Å²) in [4.78, 5) is 16.1. The van der Waals surface area contributed by atoms with Crippen LogP contribution in [0.15, 0.2) is 0 Å². The summed E-state index contributed by atoms with van der Waals surface area (Å²) < 4.78 is 0. The van der Waals surface area contributed by atoms with E-state index in [1.54, 1.807) is 0 Å². The number of nitrogens with one attached hydrogen (secondary N) is 1. The molecule has 2 heterocycles. The maximum Gasteiger partial charge on any atom is 0.236 e. The van der Waals surface area contributed by atoms with E-state index in [1.165, 1.54) is 0 Å². The van der Waals surface area contributed by atoms with Crippen LogP contribution in [0.1, 0.15) is 12.8 Å². The fraction of sp³-hybridized carbons (Fsp3) is 0.909. The molecule has 1 unspecified atom stereocenters. The maximum atomic E-state index is 11.4. The lowest BCUT2D eigenvalue weighted by Gasteiger charge is -2.43. The highest BCUT2D eigenvalue weighted by Gasteiger charge is 2.33. The monoisotopic (exact) mass is 226 g/mol. The van der Waals surface area contributed by atoms with Gasteiger partial charge in [0.1, 0.15) is 6.04 Å². The van der Waals surface area contributed by atoms with Crippen LogP contribution in [0.25, 0.3) is 0 Å². The summed E-state index contributed by atoms with van der Waals surface area (Å²) in [5.41, 5.74) is 5.46. The van der Waals surface area contributed by atoms with Crippen LogP contribution in [-0.4, -0.2) is 67.6 Å². The van der Waals surface area contributed by atoms with E-state index in [-0.39, 0.29) is 11.9 Å². The van der Waals surface area contributed by atoms with Crippen molar-refractivity contribution in [2.75, 3.05) is 39.8 Å². The number of primary amides is 1. The first kappa shape index (κ1) is 11.8. The number of piperidine rings is 1. The summed E-state index contributed by atoms with van der Waals surface area (Å²) in [6.45, 7) is 4.87. The van der Waals surface area contributed by atoms with Gasteiger partial charge in [0, 0.05) is 25.7 Å². The van der Waals surface area contributed by atoms with Crippen molar-refractivity contribution in [2.45, 2.75) is 24.9 Å². The Morgan fingerprint density at radius 2 is 2.00 bits per heavy atom. The molecule has 5 heteroatoms. The van der Waals surface area contributed by atoms with Gasteiger partial charge in [0.25, 0.3) is 0 Å². The van der Waals surface area contributed by atoms with Crippen LogP contribution < -0.4 is 11.1 Å². The lowest BCUT2D eigenvalue weighted by Crippen LogP contribution is -2.61. The Labute approximate surface area is 96.9 Å². The first-order chi connectivity index (χ1) is 7.68. The molecule has 16 heavy (non-hydrogen) atoms. The lowest BCUT2D eigenvalue weighted by atomic mass is 10.00. The van der Waals surface area contributed by atoms with Gasteiger partial charge in [-0.15, -0.1) is 0 Å². The minimum Gasteiger partial charge on any atom is -0.368 e. The van der Waals surface area contributed by atoms with Crippen LogP contribution in [0.3, 0.4) is 0 Å². The molecule has 0 radical (unpaired) electrons. The maximum absolute atomic E-state index is 11.4. The number of hydrogen-bond donors (Lipinski definition) is 2. The van der Waals surface area contributed by atoms with Crippen LogP contribution in [-0.2, 0) is 4.79 Å². The van der Waals surface area contributed by atoms with Gasteiger partial charge in [-0.05, 0) is 33.0 Å². The topological polar surface area (TPSA) is 61.6 Å². The third-order valence-corrected chi connectivity index (χ3v) is 3.77. The highest BCUT2D eigenvalue weighted by molar-refractivity contribution is 5.80. The zero-order valence-corrected chi connectivity index (χ0v) is 9.98. The normalized spacial score (nSPS) is 30.4. The van der Waals surface area contributed by atoms with Gasteiger partial charge in [0.05, 0.1) is 0 Å². The van der Waals surface area contributed by atoms with E-state index >= 15 is 0 Å². The third-order valence-electron chi connectivity index (χ3n) is 3.77. The number of carbonyl (C=O) groups is 1. The first-order valence-corrected chi connectivity index (χ1v) is 6.13. The number of hydrogen-bond acceptors (Lipinski definition) is 4. The SMILES string of the molecule is CN1CCC(N2CCNCC2C(N)=O)CC1. The number of carbonyl (C=O) groups excluding carboxylic acids is 1. The van der Waals surface area contributed by atoms with Crippen LogP contribution in [0.4, 0.5) is 0 Å². The van der Waals surface area contributed by atoms with Gasteiger partial charge < -0.3 is 16.0 Å². The molecule has 1 atom stereocenters. The zero-order valence-electron chi connectivity index (χ0n) is 9.98. The molecule has 0 saturated carbocycles. The van der Waals surface area contributed by atoms with Gasteiger partial charge >= 0.3 is 0 Å². The van der Waals surface area contributed by atoms with Crippen LogP contribution in [0.2, 0.25) is 0 Å². The van der Waals surface area contributed by atoms with Gasteiger partial charge in [-0.25, -0.2) is 0 Å². The van der Waals surface area contributed by atoms with Crippen LogP contribution >= 0.6 is 0 Å². The lowest BCUT2D eigenvalue weighted by molar-refractivity contribution is -0.125. The van der Waals surface area contributed by atoms with Crippen molar-refractivity contribution in [2.24, 2.45) is 5.73 Å². The van der Waals surface area contributed by atoms with Crippen molar-refractivity contribution < 1.29 is 4.79 Å². The van der Waals surface area contributed by atoms with Gasteiger partial charge in [0.15, 0.2) is 0 Å². The second kappa shape index (κ2) is 5.12. The van der Waals surface area contributed by atoms with E-state index < -0.39 is 0 Å². The van der Waals surface area contributed by atoms with E-state index in [2.05, 4.69) is 22.2 Å². The van der Waals surface area contributed by atoms with Crippen molar-refractivity contribution in [1.82, 2.24) is 15.1 Å². The number of likely N-dealkylation sites (tertiary alicyclic amines) is 1. The molecule has 2 fully saturated rings. The predicted molar refractivity (Wildman–Crippen MR) is 63.1 cm³/mol. The van der Waals surface area contributed by atoms with Crippen molar-refractivity contribution in [3.63, 3.8) is 0 Å². The fourth-order valence-electron chi connectivity index (χ4n) is 2.75. The number of amides is 1. The second-order valence-electron chi connectivity index (χ2n) is 4.89. The number of nitrogens with zero attached hydrogens (tertiary/aromatic N) is 2. The van der Waals surface area contributed by atoms with Crippen LogP contribution in [0, 0.1) is 0 Å². The van der Waals surface area contributed by atoms with Crippen LogP contribution in [0.5, 0.6) is 0 Å². The molecule has 2 aliphatic heterocycles. The van der Waals surface area contributed by atoms with Crippen molar-refractivity contribution >= 4 is 5.91 Å². The molecule has 0 bridgehead atoms. The van der Waals surface area contributed by atoms with E-state index in [1.807, 2.05) is 0 Å². The Bertz CT molecular complexity index is 250. The minimum absolute atomic E-state index is 0.109. The molecule has 2 saturated heterocycles. The Kier molecular flexibility index (Phi) is 3.78. The quantitative estimate of drug-likeness (QED) is 0.623. The average molecular weight is 226 g/mol. The summed E-state index contributed by atoms with van der Waals surface area (Å²) in [5, 5.41) is 3.24. The molecule has 92 valence electrons. The Morgan fingerprint density at radius 1 is 1.31 bits per heavy atom. The Hall–Kier alpha value is -0.650. The van der Waals surface area contributed by atoms with Crippen molar-refractivity contribution in [1.29, 1.82) is 0 Å². The highest BCUT2D eigenvalue weighted by atomic mass is 16.1. The molecule has 3 N–H and O–H groups in total. The number of nitrogens with two attached hydrogens (primary N) is 1. The average Bonchev–Trinajstić information content (AvgIpc) is 2.30. The van der Waals surface area contributed by atoms with Crippen molar-refractivity contribution in [3.05, 3.63) is 0 Å². The summed E-state index contributed by atoms with van der Waals surface area (Å²) in [6.07, 6.45) is 2.31. The molecular formula is C11H22N4O. The summed E-state index contributed by atoms with van der Waals surface area (Å²) >= 11 is 0. The molecule has 5 nitrogen and oxygen atoms in total. The predicted octanol–water partition coefficient (Wildman–Crippen LogP) is -1.16. The molecule has 0 aromatic heterocycles. The van der Waals surface area contributed by atoms with E-state index in [4.69, 9.17) is 5.73 Å². The van der Waals surface area contributed by atoms with Gasteiger partial charge in [-0.3, -0.25) is 9.69 Å². The first-order valence-electron chi connectivity index (χ1n) is 6.13. The molecule has 2 rings (SSSR count). The standard InChI is InChI=1S/C11H22N4O/c1-14-5-2-9(3-6-14)15-7-4-13-8-10(15)11(12)16/h9-10,13H,2-8H2,1H3,(H2,12,16). The molecule has 0 aromatic carbocycles. The molecule has 2 aliphatic rings. The smallest absolute Gasteiger partial charge is 0.236 e. The van der Waals surface area contributed by atoms with Gasteiger partial charge in [0.2, 0.25) is 5.91 Å². The van der Waals surface area contributed by atoms with Gasteiger partial charge in [-0.2, -0.15) is 0 Å². The molecule has 0 spiro atoms. The second-order valence-corrected chi connectivity index (χ2v) is 4.89. The minimum atomic E-state index is -0.189. The molecular weight excluding hydrogens is 204 g/mol. The zero-order chi connectivity index (χ0) is 11.5. The largest absolute Gasteiger partial charge is 0.368 e. The third kappa shape index (κ3) is 2.53.